The Morgan fingerprint density at radius 3 is 2.76 bits per heavy atom. The van der Waals surface area contributed by atoms with E-state index in [1.807, 2.05) is 0 Å². The molecule has 3 heteroatoms. The van der Waals surface area contributed by atoms with Crippen LogP contribution in [0.3, 0.4) is 0 Å². The Morgan fingerprint density at radius 2 is 2.08 bits per heavy atom. The molecule has 1 aliphatic carbocycles. The summed E-state index contributed by atoms with van der Waals surface area (Å²) in [4.78, 5) is 0. The van der Waals surface area contributed by atoms with Gasteiger partial charge in [-0.05, 0) is 62.8 Å². The van der Waals surface area contributed by atoms with E-state index in [1.165, 1.54) is 30.4 Å². The number of methoxy groups -OCH3 is 1. The smallest absolute Gasteiger partial charge is 0.127 e. The summed E-state index contributed by atoms with van der Waals surface area (Å²) in [5.74, 6) is 2.70. The molecule has 0 unspecified atom stereocenters. The number of unbranched alkanes of at least 4 members (excludes halogenated alkanes) is 2. The quantitative estimate of drug-likeness (QED) is 0.582. The summed E-state index contributed by atoms with van der Waals surface area (Å²) in [5, 5.41) is 9.62. The fourth-order valence-electron chi connectivity index (χ4n) is 4.52. The van der Waals surface area contributed by atoms with Crippen molar-refractivity contribution in [1.82, 2.24) is 0 Å². The molecule has 1 N–H and O–H groups in total. The second-order valence-electron chi connectivity index (χ2n) is 8.05. The Labute approximate surface area is 152 Å². The molecule has 0 amide bonds. The zero-order chi connectivity index (χ0) is 18.0. The largest absolute Gasteiger partial charge is 0.496 e. The highest BCUT2D eigenvalue weighted by molar-refractivity contribution is 5.53. The number of ether oxygens (including phenoxy) is 2. The molecular weight excluding hydrogens is 312 g/mol. The lowest BCUT2D eigenvalue weighted by atomic mass is 9.67. The molecule has 0 bridgehead atoms. The first kappa shape index (κ1) is 18.3. The average molecular weight is 344 g/mol. The van der Waals surface area contributed by atoms with Crippen molar-refractivity contribution in [1.29, 1.82) is 0 Å². The minimum atomic E-state index is -0.206. The van der Waals surface area contributed by atoms with Gasteiger partial charge in [0.05, 0.1) is 13.7 Å². The summed E-state index contributed by atoms with van der Waals surface area (Å²) >= 11 is 0. The molecule has 0 saturated heterocycles. The number of fused-ring (bicyclic) bond motifs is 3. The molecule has 3 nitrogen and oxygen atoms in total. The van der Waals surface area contributed by atoms with Crippen molar-refractivity contribution in [2.24, 2.45) is 5.92 Å². The molecule has 1 heterocycles. The van der Waals surface area contributed by atoms with Crippen molar-refractivity contribution >= 4 is 0 Å². The van der Waals surface area contributed by atoms with Gasteiger partial charge in [0.15, 0.2) is 0 Å². The van der Waals surface area contributed by atoms with Crippen LogP contribution in [-0.4, -0.2) is 24.4 Å². The fourth-order valence-corrected chi connectivity index (χ4v) is 4.52. The number of aryl methyl sites for hydroxylation is 1. The van der Waals surface area contributed by atoms with Gasteiger partial charge < -0.3 is 14.6 Å². The second kappa shape index (κ2) is 7.41. The minimum Gasteiger partial charge on any atom is -0.496 e. The van der Waals surface area contributed by atoms with Crippen molar-refractivity contribution < 1.29 is 14.6 Å². The van der Waals surface area contributed by atoms with Crippen molar-refractivity contribution in [3.8, 4) is 11.5 Å². The van der Waals surface area contributed by atoms with Crippen LogP contribution in [0, 0.1) is 5.92 Å². The molecule has 2 atom stereocenters. The van der Waals surface area contributed by atoms with Gasteiger partial charge in [-0.3, -0.25) is 0 Å². The van der Waals surface area contributed by atoms with Crippen LogP contribution < -0.4 is 9.47 Å². The predicted molar refractivity (Wildman–Crippen MR) is 102 cm³/mol. The van der Waals surface area contributed by atoms with E-state index in [9.17, 15) is 5.11 Å². The summed E-state index contributed by atoms with van der Waals surface area (Å²) in [6.07, 6.45) is 8.79. The van der Waals surface area contributed by atoms with Gasteiger partial charge in [-0.1, -0.05) is 25.8 Å². The average Bonchev–Trinajstić information content (AvgIpc) is 2.60. The molecule has 1 aromatic rings. The molecule has 0 aromatic heterocycles. The highest BCUT2D eigenvalue weighted by Gasteiger charge is 2.46. The molecular formula is C22H32O3. The number of aliphatic hydroxyl groups excluding tert-OH is 1. The maximum absolute atomic E-state index is 9.62. The van der Waals surface area contributed by atoms with Gasteiger partial charge in [0.2, 0.25) is 0 Å². The van der Waals surface area contributed by atoms with E-state index in [0.29, 0.717) is 11.8 Å². The Hall–Kier alpha value is -1.48. The van der Waals surface area contributed by atoms with Crippen molar-refractivity contribution in [2.75, 3.05) is 13.7 Å². The van der Waals surface area contributed by atoms with Crippen LogP contribution in [0.1, 0.15) is 69.9 Å². The van der Waals surface area contributed by atoms with Crippen molar-refractivity contribution in [3.05, 3.63) is 34.9 Å². The van der Waals surface area contributed by atoms with Crippen LogP contribution >= 0.6 is 0 Å². The third-order valence-corrected chi connectivity index (χ3v) is 5.92. The van der Waals surface area contributed by atoms with E-state index in [-0.39, 0.29) is 12.2 Å². The van der Waals surface area contributed by atoms with Gasteiger partial charge in [-0.15, -0.1) is 0 Å². The lowest BCUT2D eigenvalue weighted by Crippen LogP contribution is -2.45. The number of aliphatic hydroxyl groups is 1. The van der Waals surface area contributed by atoms with Gasteiger partial charge in [0.25, 0.3) is 0 Å². The minimum absolute atomic E-state index is 0.150. The van der Waals surface area contributed by atoms with Gasteiger partial charge >= 0.3 is 0 Å². The Morgan fingerprint density at radius 1 is 1.28 bits per heavy atom. The molecule has 0 radical (unpaired) electrons. The van der Waals surface area contributed by atoms with Crippen LogP contribution in [0.25, 0.3) is 0 Å². The Balaban J connectivity index is 2.00. The molecule has 0 spiro atoms. The Bertz CT molecular complexity index is 645. The lowest BCUT2D eigenvalue weighted by Gasteiger charge is -2.47. The molecule has 25 heavy (non-hydrogen) atoms. The van der Waals surface area contributed by atoms with E-state index in [1.54, 1.807) is 7.11 Å². The highest BCUT2D eigenvalue weighted by atomic mass is 16.5. The third kappa shape index (κ3) is 3.57. The lowest BCUT2D eigenvalue weighted by molar-refractivity contribution is 0.00670. The van der Waals surface area contributed by atoms with E-state index >= 15 is 0 Å². The first-order valence-corrected chi connectivity index (χ1v) is 9.68. The number of hydrogen-bond donors (Lipinski definition) is 1. The first-order chi connectivity index (χ1) is 12.0. The fraction of sp³-hybridized carbons (Fsp3) is 0.636. The SMILES string of the molecule is CCCCCc1cc(OC)c2c(c1)OC(C)(C)[C@@H]1CC=C(CO)C[C@@H]21. The van der Waals surface area contributed by atoms with Crippen LogP contribution in [0.15, 0.2) is 23.8 Å². The normalized spacial score (nSPS) is 24.0. The molecule has 1 aliphatic heterocycles. The summed E-state index contributed by atoms with van der Waals surface area (Å²) in [6.45, 7) is 6.77. The van der Waals surface area contributed by atoms with Crippen LogP contribution in [-0.2, 0) is 6.42 Å². The topological polar surface area (TPSA) is 38.7 Å². The van der Waals surface area contributed by atoms with Gasteiger partial charge in [-0.2, -0.15) is 0 Å². The van der Waals surface area contributed by atoms with Crippen LogP contribution in [0.2, 0.25) is 0 Å². The van der Waals surface area contributed by atoms with Crippen LogP contribution in [0.4, 0.5) is 0 Å². The number of allylic oxidation sites excluding steroid dienone is 1. The number of benzene rings is 1. The van der Waals surface area contributed by atoms with Gasteiger partial charge in [0, 0.05) is 17.4 Å². The Kier molecular flexibility index (Phi) is 5.43. The zero-order valence-electron chi connectivity index (χ0n) is 16.1. The summed E-state index contributed by atoms with van der Waals surface area (Å²) in [5.41, 5.74) is 3.43. The summed E-state index contributed by atoms with van der Waals surface area (Å²) in [6, 6.07) is 4.42. The van der Waals surface area contributed by atoms with Crippen molar-refractivity contribution in [3.63, 3.8) is 0 Å². The van der Waals surface area contributed by atoms with E-state index in [0.717, 1.165) is 36.3 Å². The van der Waals surface area contributed by atoms with E-state index in [4.69, 9.17) is 9.47 Å². The molecule has 0 saturated carbocycles. The van der Waals surface area contributed by atoms with Crippen LogP contribution in [0.5, 0.6) is 11.5 Å². The van der Waals surface area contributed by atoms with E-state index in [2.05, 4.69) is 39.0 Å². The number of hydrogen-bond acceptors (Lipinski definition) is 3. The molecule has 3 rings (SSSR count). The van der Waals surface area contributed by atoms with Gasteiger partial charge in [-0.25, -0.2) is 0 Å². The predicted octanol–water partition coefficient (Wildman–Crippen LogP) is 5.01. The summed E-state index contributed by atoms with van der Waals surface area (Å²) in [7, 11) is 1.76. The molecule has 2 aliphatic rings. The second-order valence-corrected chi connectivity index (χ2v) is 8.05. The monoisotopic (exact) mass is 344 g/mol. The standard InChI is InChI=1S/C22H32O3/c1-5-6-7-8-15-12-19(24-4)21-17-11-16(14-23)9-10-18(17)22(2,3)25-20(21)13-15/h9,12-13,17-18,23H,5-8,10-11,14H2,1-4H3/t17-,18-/m1/s1. The highest BCUT2D eigenvalue weighted by Crippen LogP contribution is 2.54. The molecule has 1 aromatic carbocycles. The van der Waals surface area contributed by atoms with E-state index < -0.39 is 0 Å². The number of rotatable bonds is 6. The van der Waals surface area contributed by atoms with Crippen molar-refractivity contribution in [2.45, 2.75) is 70.8 Å². The molecule has 138 valence electrons. The van der Waals surface area contributed by atoms with Gasteiger partial charge in [0.1, 0.15) is 17.1 Å². The third-order valence-electron chi connectivity index (χ3n) is 5.92. The zero-order valence-corrected chi connectivity index (χ0v) is 16.1. The first-order valence-electron chi connectivity index (χ1n) is 9.68. The maximum atomic E-state index is 9.62. The molecule has 0 fully saturated rings. The maximum Gasteiger partial charge on any atom is 0.127 e. The summed E-state index contributed by atoms with van der Waals surface area (Å²) < 4.78 is 12.3.